The molecule has 3 aromatic rings. The van der Waals surface area contributed by atoms with E-state index in [1.807, 2.05) is 43.3 Å². The topological polar surface area (TPSA) is 63.1 Å². The molecule has 0 saturated heterocycles. The first kappa shape index (κ1) is 17.0. The Morgan fingerprint density at radius 2 is 1.64 bits per heavy atom. The minimum absolute atomic E-state index is 0.296. The van der Waals surface area contributed by atoms with E-state index in [1.54, 1.807) is 23.7 Å². The molecule has 0 atom stereocenters. The zero-order valence-corrected chi connectivity index (χ0v) is 14.7. The predicted molar refractivity (Wildman–Crippen MR) is 98.7 cm³/mol. The van der Waals surface area contributed by atoms with Crippen molar-refractivity contribution >= 4 is 34.3 Å². The normalized spacial score (nSPS) is 10.7. The van der Waals surface area contributed by atoms with Gasteiger partial charge in [0, 0.05) is 23.5 Å². The van der Waals surface area contributed by atoms with Gasteiger partial charge in [-0.15, -0.1) is 0 Å². The average Bonchev–Trinajstić information content (AvgIpc) is 2.90. The van der Waals surface area contributed by atoms with E-state index in [0.717, 1.165) is 22.9 Å². The van der Waals surface area contributed by atoms with Crippen molar-refractivity contribution in [3.63, 3.8) is 0 Å². The third-order valence-electron chi connectivity index (χ3n) is 4.17. The highest BCUT2D eigenvalue weighted by atomic mass is 35.5. The van der Waals surface area contributed by atoms with Crippen LogP contribution in [0.1, 0.15) is 33.3 Å². The minimum Gasteiger partial charge on any atom is -0.338 e. The first-order chi connectivity index (χ1) is 12.0. The van der Waals surface area contributed by atoms with Crippen LogP contribution in [0.15, 0.2) is 48.5 Å². The molecule has 0 fully saturated rings. The summed E-state index contributed by atoms with van der Waals surface area (Å²) in [7, 11) is 1.76. The smallest absolute Gasteiger partial charge is 0.287 e. The van der Waals surface area contributed by atoms with Crippen LogP contribution in [-0.2, 0) is 13.5 Å². The van der Waals surface area contributed by atoms with Gasteiger partial charge in [0.1, 0.15) is 5.69 Å². The van der Waals surface area contributed by atoms with Crippen LogP contribution in [0, 0.1) is 0 Å². The number of aromatic nitrogens is 1. The molecule has 2 aromatic carbocycles. The number of carbonyl (C=O) groups excluding carboxylic acids is 2. The molecule has 0 radical (unpaired) electrons. The zero-order valence-electron chi connectivity index (χ0n) is 14.0. The molecule has 0 saturated carbocycles. The Hall–Kier alpha value is -2.79. The Kier molecular flexibility index (Phi) is 4.76. The second-order valence-corrected chi connectivity index (χ2v) is 6.08. The Morgan fingerprint density at radius 3 is 2.28 bits per heavy atom. The molecule has 5 nitrogen and oxygen atoms in total. The lowest BCUT2D eigenvalue weighted by Crippen LogP contribution is -2.42. The van der Waals surface area contributed by atoms with Gasteiger partial charge in [-0.25, -0.2) is 0 Å². The second kappa shape index (κ2) is 6.99. The number of benzene rings is 2. The number of carbonyl (C=O) groups is 2. The van der Waals surface area contributed by atoms with Gasteiger partial charge in [-0.1, -0.05) is 48.9 Å². The maximum atomic E-state index is 12.5. The largest absolute Gasteiger partial charge is 0.338 e. The van der Waals surface area contributed by atoms with Crippen molar-refractivity contribution < 1.29 is 9.59 Å². The van der Waals surface area contributed by atoms with Gasteiger partial charge in [-0.05, 0) is 30.2 Å². The van der Waals surface area contributed by atoms with Crippen LogP contribution in [0.2, 0.25) is 5.02 Å². The lowest BCUT2D eigenvalue weighted by atomic mass is 10.1. The molecule has 0 aliphatic carbocycles. The Labute approximate surface area is 150 Å². The molecule has 128 valence electrons. The van der Waals surface area contributed by atoms with Gasteiger partial charge in [0.25, 0.3) is 11.8 Å². The number of hydrogen-bond acceptors (Lipinski definition) is 2. The summed E-state index contributed by atoms with van der Waals surface area (Å²) >= 11 is 6.33. The molecule has 25 heavy (non-hydrogen) atoms. The predicted octanol–water partition coefficient (Wildman–Crippen LogP) is 3.47. The molecular weight excluding hydrogens is 338 g/mol. The van der Waals surface area contributed by atoms with Crippen molar-refractivity contribution in [2.45, 2.75) is 13.3 Å². The van der Waals surface area contributed by atoms with Crippen molar-refractivity contribution in [3.8, 4) is 0 Å². The van der Waals surface area contributed by atoms with Crippen molar-refractivity contribution in [3.05, 3.63) is 70.4 Å². The Bertz CT molecular complexity index is 906. The van der Waals surface area contributed by atoms with E-state index < -0.39 is 5.91 Å². The number of amides is 2. The van der Waals surface area contributed by atoms with Gasteiger partial charge in [0.05, 0.1) is 5.02 Å². The van der Waals surface area contributed by atoms with Crippen LogP contribution >= 0.6 is 11.6 Å². The fraction of sp³-hybridized carbons (Fsp3) is 0.158. The molecule has 2 amide bonds. The number of rotatable bonds is 3. The van der Waals surface area contributed by atoms with E-state index in [9.17, 15) is 9.59 Å². The maximum Gasteiger partial charge on any atom is 0.287 e. The van der Waals surface area contributed by atoms with Crippen molar-refractivity contribution in [1.82, 2.24) is 15.4 Å². The van der Waals surface area contributed by atoms with Crippen LogP contribution in [0.25, 0.3) is 10.9 Å². The SMILES string of the molecule is CCc1ccc(C(=O)NNC(=O)c2c(Cl)c3ccccc3n2C)cc1. The first-order valence-electron chi connectivity index (χ1n) is 7.95. The molecular formula is C19H18ClN3O2. The summed E-state index contributed by atoms with van der Waals surface area (Å²) in [6.07, 6.45) is 0.901. The third kappa shape index (κ3) is 3.23. The lowest BCUT2D eigenvalue weighted by Gasteiger charge is -2.09. The average molecular weight is 356 g/mol. The number of hydrogen-bond donors (Lipinski definition) is 2. The quantitative estimate of drug-likeness (QED) is 0.707. The van der Waals surface area contributed by atoms with E-state index in [0.29, 0.717) is 16.3 Å². The highest BCUT2D eigenvalue weighted by molar-refractivity contribution is 6.38. The van der Waals surface area contributed by atoms with E-state index in [2.05, 4.69) is 10.9 Å². The van der Waals surface area contributed by atoms with Crippen molar-refractivity contribution in [2.24, 2.45) is 7.05 Å². The summed E-state index contributed by atoms with van der Waals surface area (Å²) in [4.78, 5) is 24.6. The lowest BCUT2D eigenvalue weighted by molar-refractivity contribution is 0.0842. The number of para-hydroxylation sites is 1. The number of halogens is 1. The third-order valence-corrected chi connectivity index (χ3v) is 4.56. The molecule has 0 aliphatic rings. The van der Waals surface area contributed by atoms with Gasteiger partial charge in [-0.3, -0.25) is 20.4 Å². The fourth-order valence-corrected chi connectivity index (χ4v) is 3.11. The van der Waals surface area contributed by atoms with Gasteiger partial charge in [0.15, 0.2) is 0 Å². The fourth-order valence-electron chi connectivity index (χ4n) is 2.74. The van der Waals surface area contributed by atoms with Gasteiger partial charge >= 0.3 is 0 Å². The molecule has 6 heteroatoms. The zero-order chi connectivity index (χ0) is 18.0. The van der Waals surface area contributed by atoms with E-state index in [1.165, 1.54) is 0 Å². The Balaban J connectivity index is 1.75. The second-order valence-electron chi connectivity index (χ2n) is 5.70. The van der Waals surface area contributed by atoms with Crippen molar-refractivity contribution in [1.29, 1.82) is 0 Å². The molecule has 0 aliphatic heterocycles. The number of nitrogens with one attached hydrogen (secondary N) is 2. The van der Waals surface area contributed by atoms with E-state index >= 15 is 0 Å². The summed E-state index contributed by atoms with van der Waals surface area (Å²) in [5.41, 5.74) is 7.60. The molecule has 0 unspecified atom stereocenters. The number of fused-ring (bicyclic) bond motifs is 1. The molecule has 1 heterocycles. The van der Waals surface area contributed by atoms with Gasteiger partial charge in [-0.2, -0.15) is 0 Å². The summed E-state index contributed by atoms with van der Waals surface area (Å²) < 4.78 is 1.70. The summed E-state index contributed by atoms with van der Waals surface area (Å²) in [6, 6.07) is 14.7. The van der Waals surface area contributed by atoms with E-state index in [4.69, 9.17) is 11.6 Å². The highest BCUT2D eigenvalue weighted by Gasteiger charge is 2.20. The number of aryl methyl sites for hydroxylation is 2. The van der Waals surface area contributed by atoms with Crippen molar-refractivity contribution in [2.75, 3.05) is 0 Å². The van der Waals surface area contributed by atoms with Crippen LogP contribution in [0.3, 0.4) is 0 Å². The van der Waals surface area contributed by atoms with Gasteiger partial charge < -0.3 is 4.57 Å². The maximum absolute atomic E-state index is 12.5. The molecule has 0 spiro atoms. The minimum atomic E-state index is -0.470. The molecule has 0 bridgehead atoms. The van der Waals surface area contributed by atoms with E-state index in [-0.39, 0.29) is 5.91 Å². The van der Waals surface area contributed by atoms with Crippen LogP contribution < -0.4 is 10.9 Å². The molecule has 2 N–H and O–H groups in total. The summed E-state index contributed by atoms with van der Waals surface area (Å²) in [6.45, 7) is 2.04. The Morgan fingerprint density at radius 1 is 1.00 bits per heavy atom. The highest BCUT2D eigenvalue weighted by Crippen LogP contribution is 2.29. The number of nitrogens with zero attached hydrogens (tertiary/aromatic N) is 1. The molecule has 3 rings (SSSR count). The van der Waals surface area contributed by atoms with Gasteiger partial charge in [0.2, 0.25) is 0 Å². The van der Waals surface area contributed by atoms with Crippen LogP contribution in [0.4, 0.5) is 0 Å². The van der Waals surface area contributed by atoms with Crippen LogP contribution in [0.5, 0.6) is 0 Å². The standard InChI is InChI=1S/C19H18ClN3O2/c1-3-12-8-10-13(11-9-12)18(24)21-22-19(25)17-16(20)14-6-4-5-7-15(14)23(17)2/h4-11H,3H2,1-2H3,(H,21,24)(H,22,25). The number of hydrazine groups is 1. The summed E-state index contributed by atoms with van der Waals surface area (Å²) in [5, 5.41) is 1.15. The monoisotopic (exact) mass is 355 g/mol. The molecule has 1 aromatic heterocycles. The first-order valence-corrected chi connectivity index (χ1v) is 8.33. The summed E-state index contributed by atoms with van der Waals surface area (Å²) in [5.74, 6) is -0.854. The van der Waals surface area contributed by atoms with Crippen LogP contribution in [-0.4, -0.2) is 16.4 Å².